The van der Waals surface area contributed by atoms with Crippen LogP contribution in [0.25, 0.3) is 0 Å². The van der Waals surface area contributed by atoms with E-state index in [4.69, 9.17) is 5.73 Å². The van der Waals surface area contributed by atoms with Crippen molar-refractivity contribution in [3.8, 4) is 0 Å². The molecule has 1 fully saturated rings. The van der Waals surface area contributed by atoms with Gasteiger partial charge in [0.05, 0.1) is 13.5 Å². The van der Waals surface area contributed by atoms with Gasteiger partial charge >= 0.3 is 5.97 Å². The van der Waals surface area contributed by atoms with Crippen LogP contribution in [0, 0.1) is 11.3 Å². The van der Waals surface area contributed by atoms with Gasteiger partial charge in [0.2, 0.25) is 5.91 Å². The van der Waals surface area contributed by atoms with E-state index in [2.05, 4.69) is 4.74 Å². The zero-order valence-electron chi connectivity index (χ0n) is 10.2. The first-order valence-electron chi connectivity index (χ1n) is 5.60. The predicted octanol–water partition coefficient (Wildman–Crippen LogP) is 0.200. The molecule has 0 aromatic rings. The van der Waals surface area contributed by atoms with E-state index in [9.17, 15) is 13.8 Å². The van der Waals surface area contributed by atoms with Crippen LogP contribution in [0.4, 0.5) is 0 Å². The molecule has 1 rings (SSSR count). The number of methoxy groups -OCH3 is 1. The lowest BCUT2D eigenvalue weighted by Gasteiger charge is -2.14. The summed E-state index contributed by atoms with van der Waals surface area (Å²) in [5.74, 6) is -0.346. The number of hydrogen-bond donors (Lipinski definition) is 1. The zero-order valence-corrected chi connectivity index (χ0v) is 11.0. The molecule has 0 aliphatic heterocycles. The molecule has 1 aliphatic carbocycles. The summed E-state index contributed by atoms with van der Waals surface area (Å²) in [6.45, 7) is 1.67. The van der Waals surface area contributed by atoms with Gasteiger partial charge in [0.25, 0.3) is 0 Å². The molecule has 1 aliphatic rings. The third kappa shape index (κ3) is 4.46. The Hall–Kier alpha value is -0.910. The Kier molecular flexibility index (Phi) is 4.68. The van der Waals surface area contributed by atoms with Crippen molar-refractivity contribution in [2.75, 3.05) is 18.6 Å². The summed E-state index contributed by atoms with van der Waals surface area (Å²) in [7, 11) is 0.247. The number of carbonyl (C=O) groups is 2. The van der Waals surface area contributed by atoms with Gasteiger partial charge in [-0.05, 0) is 18.3 Å². The molecule has 98 valence electrons. The number of ether oxygens (including phenoxy) is 1. The minimum absolute atomic E-state index is 0.157. The van der Waals surface area contributed by atoms with E-state index >= 15 is 0 Å². The Morgan fingerprint density at radius 1 is 1.47 bits per heavy atom. The minimum atomic E-state index is -1.10. The molecule has 0 heterocycles. The average Bonchev–Trinajstić information content (AvgIpc) is 2.96. The van der Waals surface area contributed by atoms with E-state index in [1.54, 1.807) is 6.92 Å². The second-order valence-corrected chi connectivity index (χ2v) is 6.31. The summed E-state index contributed by atoms with van der Waals surface area (Å²) in [6.07, 6.45) is 2.12. The molecule has 0 aromatic heterocycles. The van der Waals surface area contributed by atoms with Gasteiger partial charge in [-0.3, -0.25) is 13.8 Å². The van der Waals surface area contributed by atoms with Crippen LogP contribution in [0.1, 0.15) is 26.2 Å². The van der Waals surface area contributed by atoms with Crippen molar-refractivity contribution >= 4 is 22.7 Å². The lowest BCUT2D eigenvalue weighted by Crippen LogP contribution is -2.28. The summed E-state index contributed by atoms with van der Waals surface area (Å²) in [5.41, 5.74) is 4.96. The van der Waals surface area contributed by atoms with Crippen LogP contribution in [0.5, 0.6) is 0 Å². The monoisotopic (exact) mass is 261 g/mol. The van der Waals surface area contributed by atoms with E-state index in [1.807, 2.05) is 0 Å². The molecule has 17 heavy (non-hydrogen) atoms. The molecule has 5 nitrogen and oxygen atoms in total. The second kappa shape index (κ2) is 5.62. The van der Waals surface area contributed by atoms with Crippen molar-refractivity contribution in [3.63, 3.8) is 0 Å². The first kappa shape index (κ1) is 14.2. The zero-order chi connectivity index (χ0) is 13.1. The fourth-order valence-corrected chi connectivity index (χ4v) is 3.60. The first-order valence-corrected chi connectivity index (χ1v) is 7.08. The Labute approximate surface area is 104 Å². The van der Waals surface area contributed by atoms with Crippen LogP contribution >= 0.6 is 0 Å². The van der Waals surface area contributed by atoms with Gasteiger partial charge in [-0.15, -0.1) is 0 Å². The number of hydrogen-bond acceptors (Lipinski definition) is 4. The van der Waals surface area contributed by atoms with Crippen molar-refractivity contribution < 1.29 is 18.5 Å². The SMILES string of the molecule is COC(=O)CC1(CS(=O)CC(C)C(N)=O)CC1. The largest absolute Gasteiger partial charge is 0.469 e. The van der Waals surface area contributed by atoms with Crippen molar-refractivity contribution in [3.05, 3.63) is 0 Å². The molecule has 0 saturated heterocycles. The maximum absolute atomic E-state index is 11.8. The van der Waals surface area contributed by atoms with Crippen molar-refractivity contribution in [2.45, 2.75) is 26.2 Å². The lowest BCUT2D eigenvalue weighted by atomic mass is 10.1. The minimum Gasteiger partial charge on any atom is -0.469 e. The van der Waals surface area contributed by atoms with Crippen LogP contribution in [-0.2, 0) is 25.1 Å². The molecular formula is C11H19NO4S. The summed E-state index contributed by atoms with van der Waals surface area (Å²) in [4.78, 5) is 22.0. The van der Waals surface area contributed by atoms with Gasteiger partial charge in [0.15, 0.2) is 0 Å². The average molecular weight is 261 g/mol. The number of amides is 1. The van der Waals surface area contributed by atoms with Gasteiger partial charge in [0.1, 0.15) is 0 Å². The van der Waals surface area contributed by atoms with Crippen LogP contribution in [0.15, 0.2) is 0 Å². The van der Waals surface area contributed by atoms with Crippen molar-refractivity contribution in [1.82, 2.24) is 0 Å². The van der Waals surface area contributed by atoms with Crippen LogP contribution < -0.4 is 5.73 Å². The van der Waals surface area contributed by atoms with Gasteiger partial charge < -0.3 is 10.5 Å². The second-order valence-electron chi connectivity index (χ2n) is 4.81. The number of esters is 1. The maximum atomic E-state index is 11.8. The fourth-order valence-electron chi connectivity index (χ4n) is 1.69. The van der Waals surface area contributed by atoms with Gasteiger partial charge in [-0.1, -0.05) is 6.92 Å². The number of rotatable bonds is 7. The number of primary amides is 1. The summed E-state index contributed by atoms with van der Waals surface area (Å²) < 4.78 is 16.4. The smallest absolute Gasteiger partial charge is 0.306 e. The first-order chi connectivity index (χ1) is 7.88. The molecule has 2 unspecified atom stereocenters. The summed E-state index contributed by atoms with van der Waals surface area (Å²) >= 11 is 0. The van der Waals surface area contributed by atoms with Crippen molar-refractivity contribution in [2.24, 2.45) is 17.1 Å². The summed E-state index contributed by atoms with van der Waals surface area (Å²) in [5, 5.41) is 0. The standard InChI is InChI=1S/C11H19NO4S/c1-8(10(12)14)6-17(15)7-11(3-4-11)5-9(13)16-2/h8H,3-7H2,1-2H3,(H2,12,14). The molecule has 1 saturated carbocycles. The highest BCUT2D eigenvalue weighted by molar-refractivity contribution is 7.85. The third-order valence-corrected chi connectivity index (χ3v) is 4.90. The van der Waals surface area contributed by atoms with Crippen molar-refractivity contribution in [1.29, 1.82) is 0 Å². The van der Waals surface area contributed by atoms with Crippen LogP contribution in [0.2, 0.25) is 0 Å². The Morgan fingerprint density at radius 2 is 2.06 bits per heavy atom. The number of carbonyl (C=O) groups excluding carboxylic acids is 2. The quantitative estimate of drug-likeness (QED) is 0.663. The molecular weight excluding hydrogens is 242 g/mol. The molecule has 2 N–H and O–H groups in total. The maximum Gasteiger partial charge on any atom is 0.306 e. The Morgan fingerprint density at radius 3 is 2.47 bits per heavy atom. The molecule has 6 heteroatoms. The van der Waals surface area contributed by atoms with Gasteiger partial charge in [-0.25, -0.2) is 0 Å². The summed E-state index contributed by atoms with van der Waals surface area (Å²) in [6, 6.07) is 0. The molecule has 0 radical (unpaired) electrons. The Balaban J connectivity index is 2.41. The molecule has 0 bridgehead atoms. The lowest BCUT2D eigenvalue weighted by molar-refractivity contribution is -0.141. The predicted molar refractivity (Wildman–Crippen MR) is 64.5 cm³/mol. The third-order valence-electron chi connectivity index (χ3n) is 3.09. The van der Waals surface area contributed by atoms with E-state index < -0.39 is 16.7 Å². The number of nitrogens with two attached hydrogens (primary N) is 1. The molecule has 0 spiro atoms. The highest BCUT2D eigenvalue weighted by Crippen LogP contribution is 2.49. The van der Waals surface area contributed by atoms with E-state index in [-0.39, 0.29) is 23.1 Å². The van der Waals surface area contributed by atoms with Gasteiger partial charge in [0, 0.05) is 28.2 Å². The van der Waals surface area contributed by atoms with E-state index in [0.29, 0.717) is 12.2 Å². The van der Waals surface area contributed by atoms with E-state index in [0.717, 1.165) is 12.8 Å². The molecule has 2 atom stereocenters. The fraction of sp³-hybridized carbons (Fsp3) is 0.818. The molecule has 0 aromatic carbocycles. The van der Waals surface area contributed by atoms with E-state index in [1.165, 1.54) is 7.11 Å². The van der Waals surface area contributed by atoms with Gasteiger partial charge in [-0.2, -0.15) is 0 Å². The topological polar surface area (TPSA) is 86.5 Å². The Bertz CT molecular complexity index is 338. The highest BCUT2D eigenvalue weighted by Gasteiger charge is 2.46. The highest BCUT2D eigenvalue weighted by atomic mass is 32.2. The van der Waals surface area contributed by atoms with Crippen LogP contribution in [0.3, 0.4) is 0 Å². The van der Waals surface area contributed by atoms with Crippen LogP contribution in [-0.4, -0.2) is 34.7 Å². The molecule has 1 amide bonds. The normalized spacial score (nSPS) is 20.4.